The van der Waals surface area contributed by atoms with Crippen molar-refractivity contribution < 1.29 is 4.74 Å². The summed E-state index contributed by atoms with van der Waals surface area (Å²) in [6, 6.07) is 0. The minimum absolute atomic E-state index is 0.140. The molecule has 92 valence electrons. The van der Waals surface area contributed by atoms with Crippen molar-refractivity contribution in [2.24, 2.45) is 22.5 Å². The summed E-state index contributed by atoms with van der Waals surface area (Å²) in [4.78, 5) is 4.13. The number of rotatable bonds is 4. The van der Waals surface area contributed by atoms with Crippen LogP contribution in [0.1, 0.15) is 20.3 Å². The van der Waals surface area contributed by atoms with Gasteiger partial charge >= 0.3 is 0 Å². The molecule has 0 aromatic rings. The van der Waals surface area contributed by atoms with Crippen molar-refractivity contribution in [1.82, 2.24) is 5.01 Å². The van der Waals surface area contributed by atoms with Crippen LogP contribution in [0.3, 0.4) is 0 Å². The van der Waals surface area contributed by atoms with Crippen LogP contribution in [-0.4, -0.2) is 30.1 Å². The molecule has 1 aliphatic heterocycles. The van der Waals surface area contributed by atoms with E-state index in [1.165, 1.54) is 0 Å². The monoisotopic (exact) mass is 246 g/mol. The predicted molar refractivity (Wildman–Crippen MR) is 65.6 cm³/mol. The molecule has 0 saturated heterocycles. The third-order valence-electron chi connectivity index (χ3n) is 2.73. The summed E-state index contributed by atoms with van der Waals surface area (Å²) >= 11 is 5.97. The Labute approximate surface area is 101 Å². The number of allylic oxidation sites excluding steroid dienone is 1. The summed E-state index contributed by atoms with van der Waals surface area (Å²) in [5, 5.41) is 1.90. The Morgan fingerprint density at radius 3 is 2.75 bits per heavy atom. The number of nitrogens with zero attached hydrogens (tertiary/aromatic N) is 2. The van der Waals surface area contributed by atoms with Crippen LogP contribution in [-0.2, 0) is 4.74 Å². The van der Waals surface area contributed by atoms with E-state index in [1.807, 2.05) is 6.92 Å². The Kier molecular flexibility index (Phi) is 4.58. The van der Waals surface area contributed by atoms with Crippen LogP contribution < -0.4 is 11.6 Å². The maximum atomic E-state index is 5.97. The van der Waals surface area contributed by atoms with Crippen LogP contribution in [0.4, 0.5) is 0 Å². The first-order valence-electron chi connectivity index (χ1n) is 5.29. The molecule has 1 aliphatic rings. The van der Waals surface area contributed by atoms with Crippen molar-refractivity contribution in [2.75, 3.05) is 13.7 Å². The Balaban J connectivity index is 3.05. The molecule has 1 heterocycles. The topological polar surface area (TPSA) is 76.9 Å². The van der Waals surface area contributed by atoms with Crippen molar-refractivity contribution in [3.05, 3.63) is 11.4 Å². The summed E-state index contributed by atoms with van der Waals surface area (Å²) in [5.74, 6) is 6.10. The normalized spacial score (nSPS) is 23.4. The van der Waals surface area contributed by atoms with Gasteiger partial charge in [-0.05, 0) is 13.3 Å². The molecule has 0 bridgehead atoms. The first kappa shape index (κ1) is 13.3. The van der Waals surface area contributed by atoms with Gasteiger partial charge in [-0.15, -0.1) is 0 Å². The lowest BCUT2D eigenvalue weighted by atomic mass is 10.00. The number of hydrogen-bond acceptors (Lipinski definition) is 5. The van der Waals surface area contributed by atoms with Crippen LogP contribution in [0.15, 0.2) is 16.4 Å². The molecule has 0 amide bonds. The van der Waals surface area contributed by atoms with Crippen LogP contribution in [0, 0.1) is 5.92 Å². The number of methoxy groups -OCH3 is 1. The van der Waals surface area contributed by atoms with Crippen molar-refractivity contribution in [3.8, 4) is 0 Å². The first-order valence-corrected chi connectivity index (χ1v) is 5.66. The van der Waals surface area contributed by atoms with Gasteiger partial charge in [0.2, 0.25) is 0 Å². The average Bonchev–Trinajstić information content (AvgIpc) is 2.25. The molecule has 4 N–H and O–H groups in total. The van der Waals surface area contributed by atoms with Crippen LogP contribution in [0.5, 0.6) is 0 Å². The minimum Gasteiger partial charge on any atom is -0.395 e. The van der Waals surface area contributed by atoms with Crippen LogP contribution in [0.25, 0.3) is 0 Å². The number of aliphatic imine (C=N–C) groups is 1. The van der Waals surface area contributed by atoms with E-state index in [2.05, 4.69) is 11.9 Å². The van der Waals surface area contributed by atoms with Crippen molar-refractivity contribution >= 4 is 16.8 Å². The van der Waals surface area contributed by atoms with E-state index in [0.29, 0.717) is 17.5 Å². The van der Waals surface area contributed by atoms with Gasteiger partial charge in [0.1, 0.15) is 6.17 Å². The largest absolute Gasteiger partial charge is 0.395 e. The molecule has 16 heavy (non-hydrogen) atoms. The first-order chi connectivity index (χ1) is 7.52. The van der Waals surface area contributed by atoms with Crippen molar-refractivity contribution in [3.63, 3.8) is 0 Å². The van der Waals surface area contributed by atoms with Gasteiger partial charge in [-0.2, -0.15) is 0 Å². The highest BCUT2D eigenvalue weighted by molar-refractivity contribution is 6.69. The van der Waals surface area contributed by atoms with Crippen molar-refractivity contribution in [2.45, 2.75) is 26.4 Å². The summed E-state index contributed by atoms with van der Waals surface area (Å²) < 4.78 is 5.16. The molecule has 0 radical (unpaired) electrons. The number of halogens is 1. The lowest BCUT2D eigenvalue weighted by Gasteiger charge is -2.34. The van der Waals surface area contributed by atoms with Crippen molar-refractivity contribution in [1.29, 1.82) is 0 Å². The van der Waals surface area contributed by atoms with Gasteiger partial charge in [0.25, 0.3) is 0 Å². The fraction of sp³-hybridized carbons (Fsp3) is 0.700. The third kappa shape index (κ3) is 2.48. The van der Waals surface area contributed by atoms with Gasteiger partial charge in [-0.3, -0.25) is 5.01 Å². The molecule has 0 aliphatic carbocycles. The fourth-order valence-corrected chi connectivity index (χ4v) is 2.00. The Hall–Kier alpha value is -0.780. The maximum absolute atomic E-state index is 5.97. The third-order valence-corrected chi connectivity index (χ3v) is 3.03. The highest BCUT2D eigenvalue weighted by Crippen LogP contribution is 2.26. The van der Waals surface area contributed by atoms with E-state index in [9.17, 15) is 0 Å². The smallest absolute Gasteiger partial charge is 0.150 e. The molecule has 6 heteroatoms. The summed E-state index contributed by atoms with van der Waals surface area (Å²) in [6.07, 6.45) is 0.690. The average molecular weight is 247 g/mol. The molecule has 0 aromatic carbocycles. The predicted octanol–water partition coefficient (Wildman–Crippen LogP) is 1.00. The maximum Gasteiger partial charge on any atom is 0.150 e. The zero-order valence-corrected chi connectivity index (χ0v) is 10.7. The molecular weight excluding hydrogens is 228 g/mol. The quantitative estimate of drug-likeness (QED) is 0.726. The molecular formula is C10H19ClN4O. The van der Waals surface area contributed by atoms with E-state index in [-0.39, 0.29) is 12.1 Å². The Bertz CT molecular complexity index is 316. The molecule has 2 atom stereocenters. The highest BCUT2D eigenvalue weighted by Gasteiger charge is 2.28. The molecule has 2 unspecified atom stereocenters. The summed E-state index contributed by atoms with van der Waals surface area (Å²) in [5.41, 5.74) is 7.19. The second-order valence-corrected chi connectivity index (χ2v) is 4.18. The van der Waals surface area contributed by atoms with E-state index < -0.39 is 0 Å². The van der Waals surface area contributed by atoms with Gasteiger partial charge in [0.15, 0.2) is 5.17 Å². The second kappa shape index (κ2) is 5.52. The van der Waals surface area contributed by atoms with Gasteiger partial charge in [0, 0.05) is 13.0 Å². The molecule has 0 aromatic heterocycles. The Morgan fingerprint density at radius 1 is 1.62 bits per heavy atom. The van der Waals surface area contributed by atoms with E-state index in [1.54, 1.807) is 12.1 Å². The van der Waals surface area contributed by atoms with Gasteiger partial charge < -0.3 is 10.5 Å². The van der Waals surface area contributed by atoms with E-state index in [0.717, 1.165) is 12.1 Å². The fourth-order valence-electron chi connectivity index (χ4n) is 1.76. The molecule has 5 nitrogen and oxygen atoms in total. The van der Waals surface area contributed by atoms with Gasteiger partial charge in [-0.25, -0.2) is 10.8 Å². The molecule has 0 saturated carbocycles. The number of hydrogen-bond donors (Lipinski definition) is 2. The number of nitrogens with two attached hydrogens (primary N) is 2. The SMILES string of the molecule is CCC(COC)C1=C(N)C(Cl)=NC(C)N1N. The van der Waals surface area contributed by atoms with Gasteiger partial charge in [-0.1, -0.05) is 18.5 Å². The minimum atomic E-state index is -0.194. The lowest BCUT2D eigenvalue weighted by molar-refractivity contribution is 0.136. The molecule has 0 fully saturated rings. The molecule has 0 spiro atoms. The van der Waals surface area contributed by atoms with Crippen LogP contribution >= 0.6 is 11.6 Å². The van der Waals surface area contributed by atoms with E-state index >= 15 is 0 Å². The zero-order valence-electron chi connectivity index (χ0n) is 9.90. The summed E-state index contributed by atoms with van der Waals surface area (Å²) in [7, 11) is 1.65. The van der Waals surface area contributed by atoms with Crippen LogP contribution in [0.2, 0.25) is 0 Å². The van der Waals surface area contributed by atoms with Gasteiger partial charge in [0.05, 0.1) is 18.0 Å². The molecule has 1 rings (SSSR count). The second-order valence-electron chi connectivity index (χ2n) is 3.82. The Morgan fingerprint density at radius 2 is 2.25 bits per heavy atom. The van der Waals surface area contributed by atoms with E-state index in [4.69, 9.17) is 27.9 Å². The highest BCUT2D eigenvalue weighted by atomic mass is 35.5. The number of ether oxygens (including phenoxy) is 1. The summed E-state index contributed by atoms with van der Waals surface area (Å²) in [6.45, 7) is 4.49. The zero-order chi connectivity index (χ0) is 12.3. The lowest BCUT2D eigenvalue weighted by Crippen LogP contribution is -2.45. The number of hydrazine groups is 1. The standard InChI is InChI=1S/C10H19ClN4O/c1-4-7(5-16-3)9-8(12)10(11)14-6(2)15(9)13/h6-7H,4-5,12-13H2,1-3H3.